The van der Waals surface area contributed by atoms with E-state index in [2.05, 4.69) is 5.10 Å². The molecule has 17 heavy (non-hydrogen) atoms. The molecular weight excluding hydrogens is 218 g/mol. The van der Waals surface area contributed by atoms with Crippen LogP contribution in [0.15, 0.2) is 12.3 Å². The summed E-state index contributed by atoms with van der Waals surface area (Å²) in [7, 11) is 1.83. The molecule has 1 aromatic heterocycles. The Kier molecular flexibility index (Phi) is 3.19. The molecule has 3 N–H and O–H groups in total. The Labute approximate surface area is 101 Å². The highest BCUT2D eigenvalue weighted by atomic mass is 16.4. The fraction of sp³-hybridized carbons (Fsp3) is 0.667. The minimum absolute atomic E-state index is 0.177. The predicted molar refractivity (Wildman–Crippen MR) is 63.5 cm³/mol. The Bertz CT molecular complexity index is 408. The normalized spacial score (nSPS) is 20.4. The summed E-state index contributed by atoms with van der Waals surface area (Å²) in [5.41, 5.74) is 5.90. The fourth-order valence-corrected chi connectivity index (χ4v) is 2.97. The Morgan fingerprint density at radius 2 is 2.29 bits per heavy atom. The highest BCUT2D eigenvalue weighted by Gasteiger charge is 2.48. The molecular formula is C12H19N3O2. The van der Waals surface area contributed by atoms with Crippen LogP contribution in [0.5, 0.6) is 0 Å². The van der Waals surface area contributed by atoms with E-state index in [-0.39, 0.29) is 5.92 Å². The van der Waals surface area contributed by atoms with Crippen LogP contribution in [0.3, 0.4) is 0 Å². The van der Waals surface area contributed by atoms with E-state index in [1.54, 1.807) is 4.68 Å². The van der Waals surface area contributed by atoms with Crippen molar-refractivity contribution in [2.24, 2.45) is 18.2 Å². The van der Waals surface area contributed by atoms with Crippen molar-refractivity contribution in [1.82, 2.24) is 9.78 Å². The van der Waals surface area contributed by atoms with E-state index in [0.717, 1.165) is 18.5 Å². The molecule has 1 aliphatic rings. The predicted octanol–water partition coefficient (Wildman–Crippen LogP) is 1.11. The molecule has 0 radical (unpaired) electrons. The van der Waals surface area contributed by atoms with Gasteiger partial charge in [-0.25, -0.2) is 0 Å². The first-order chi connectivity index (χ1) is 8.10. The Balaban J connectivity index is 2.36. The van der Waals surface area contributed by atoms with Crippen LogP contribution in [0.25, 0.3) is 0 Å². The number of carboxylic acids is 1. The van der Waals surface area contributed by atoms with Gasteiger partial charge in [-0.05, 0) is 18.9 Å². The smallest absolute Gasteiger partial charge is 0.310 e. The average molecular weight is 237 g/mol. The average Bonchev–Trinajstić information content (AvgIpc) is 2.90. The zero-order valence-corrected chi connectivity index (χ0v) is 10.1. The number of rotatable bonds is 4. The number of carboxylic acid groups (broad SMARTS) is 1. The Hall–Kier alpha value is -1.36. The van der Waals surface area contributed by atoms with E-state index in [4.69, 9.17) is 5.73 Å². The van der Waals surface area contributed by atoms with Gasteiger partial charge in [0.2, 0.25) is 0 Å². The minimum Gasteiger partial charge on any atom is -0.481 e. The van der Waals surface area contributed by atoms with Gasteiger partial charge in [0.15, 0.2) is 0 Å². The molecule has 5 nitrogen and oxygen atoms in total. The molecule has 94 valence electrons. The molecule has 1 saturated carbocycles. The molecule has 0 aromatic carbocycles. The maximum absolute atomic E-state index is 11.6. The van der Waals surface area contributed by atoms with Crippen LogP contribution in [0.2, 0.25) is 0 Å². The van der Waals surface area contributed by atoms with Gasteiger partial charge < -0.3 is 10.8 Å². The van der Waals surface area contributed by atoms with E-state index in [9.17, 15) is 9.90 Å². The van der Waals surface area contributed by atoms with Crippen molar-refractivity contribution in [2.45, 2.75) is 31.6 Å². The number of aryl methyl sites for hydroxylation is 1. The van der Waals surface area contributed by atoms with Crippen molar-refractivity contribution in [3.63, 3.8) is 0 Å². The van der Waals surface area contributed by atoms with Crippen molar-refractivity contribution >= 4 is 5.97 Å². The number of aliphatic carboxylic acids is 1. The maximum Gasteiger partial charge on any atom is 0.310 e. The highest BCUT2D eigenvalue weighted by Crippen LogP contribution is 2.48. The van der Waals surface area contributed by atoms with Crippen LogP contribution in [-0.4, -0.2) is 27.4 Å². The van der Waals surface area contributed by atoms with E-state index >= 15 is 0 Å². The summed E-state index contributed by atoms with van der Waals surface area (Å²) in [4.78, 5) is 11.6. The van der Waals surface area contributed by atoms with Crippen LogP contribution in [0, 0.1) is 5.41 Å². The number of aromatic nitrogens is 2. The fourth-order valence-electron chi connectivity index (χ4n) is 2.97. The molecule has 0 saturated heterocycles. The van der Waals surface area contributed by atoms with Crippen LogP contribution < -0.4 is 5.73 Å². The molecule has 1 heterocycles. The summed E-state index contributed by atoms with van der Waals surface area (Å²) in [5.74, 6) is -0.903. The van der Waals surface area contributed by atoms with Gasteiger partial charge in [0.25, 0.3) is 0 Å². The molecule has 2 rings (SSSR count). The second-order valence-corrected chi connectivity index (χ2v) is 4.87. The molecule has 1 fully saturated rings. The number of carbonyl (C=O) groups is 1. The zero-order chi connectivity index (χ0) is 12.5. The Morgan fingerprint density at radius 1 is 1.65 bits per heavy atom. The van der Waals surface area contributed by atoms with Crippen molar-refractivity contribution < 1.29 is 9.90 Å². The van der Waals surface area contributed by atoms with E-state index < -0.39 is 11.4 Å². The third kappa shape index (κ3) is 1.95. The van der Waals surface area contributed by atoms with Crippen molar-refractivity contribution in [2.75, 3.05) is 6.54 Å². The standard InChI is InChI=1S/C12H19N3O2/c1-15-7-4-10(14-15)9(8-13)12(11(16)17)5-2-3-6-12/h4,7,9H,2-3,5-6,8,13H2,1H3,(H,16,17)/t9-/m1/s1. The summed E-state index contributed by atoms with van der Waals surface area (Å²) >= 11 is 0. The summed E-state index contributed by atoms with van der Waals surface area (Å²) in [6.07, 6.45) is 5.19. The maximum atomic E-state index is 11.6. The lowest BCUT2D eigenvalue weighted by Gasteiger charge is -2.31. The first-order valence-corrected chi connectivity index (χ1v) is 6.03. The van der Waals surface area contributed by atoms with Gasteiger partial charge in [-0.3, -0.25) is 9.48 Å². The molecule has 0 amide bonds. The van der Waals surface area contributed by atoms with Crippen molar-refractivity contribution in [3.05, 3.63) is 18.0 Å². The minimum atomic E-state index is -0.726. The lowest BCUT2D eigenvalue weighted by molar-refractivity contribution is -0.150. The van der Waals surface area contributed by atoms with Gasteiger partial charge in [-0.1, -0.05) is 12.8 Å². The third-order valence-corrected chi connectivity index (χ3v) is 3.92. The van der Waals surface area contributed by atoms with Crippen LogP contribution in [0.1, 0.15) is 37.3 Å². The number of hydrogen-bond acceptors (Lipinski definition) is 3. The number of hydrogen-bond donors (Lipinski definition) is 2. The van der Waals surface area contributed by atoms with Crippen molar-refractivity contribution in [1.29, 1.82) is 0 Å². The third-order valence-electron chi connectivity index (χ3n) is 3.92. The van der Waals surface area contributed by atoms with E-state index in [1.807, 2.05) is 19.3 Å². The lowest BCUT2D eigenvalue weighted by atomic mass is 9.72. The summed E-state index contributed by atoms with van der Waals surface area (Å²) < 4.78 is 1.70. The van der Waals surface area contributed by atoms with Gasteiger partial charge in [0, 0.05) is 25.7 Å². The van der Waals surface area contributed by atoms with Crippen LogP contribution >= 0.6 is 0 Å². The summed E-state index contributed by atoms with van der Waals surface area (Å²) in [6.45, 7) is 0.337. The second kappa shape index (κ2) is 4.49. The first-order valence-electron chi connectivity index (χ1n) is 6.03. The largest absolute Gasteiger partial charge is 0.481 e. The number of nitrogens with zero attached hydrogens (tertiary/aromatic N) is 2. The van der Waals surface area contributed by atoms with Gasteiger partial charge in [-0.2, -0.15) is 5.10 Å². The summed E-state index contributed by atoms with van der Waals surface area (Å²) in [6, 6.07) is 1.88. The molecule has 0 spiro atoms. The quantitative estimate of drug-likeness (QED) is 0.821. The molecule has 0 aliphatic heterocycles. The molecule has 1 aliphatic carbocycles. The topological polar surface area (TPSA) is 81.1 Å². The van der Waals surface area contributed by atoms with Gasteiger partial charge in [-0.15, -0.1) is 0 Å². The molecule has 0 bridgehead atoms. The Morgan fingerprint density at radius 3 is 2.71 bits per heavy atom. The monoisotopic (exact) mass is 237 g/mol. The van der Waals surface area contributed by atoms with Gasteiger partial charge >= 0.3 is 5.97 Å². The zero-order valence-electron chi connectivity index (χ0n) is 10.1. The van der Waals surface area contributed by atoms with E-state index in [0.29, 0.717) is 19.4 Å². The first kappa shape index (κ1) is 12.1. The van der Waals surface area contributed by atoms with Crippen LogP contribution in [-0.2, 0) is 11.8 Å². The van der Waals surface area contributed by atoms with Gasteiger partial charge in [0.05, 0.1) is 11.1 Å². The van der Waals surface area contributed by atoms with Crippen LogP contribution in [0.4, 0.5) is 0 Å². The molecule has 1 atom stereocenters. The molecule has 1 aromatic rings. The van der Waals surface area contributed by atoms with Gasteiger partial charge in [0.1, 0.15) is 0 Å². The highest BCUT2D eigenvalue weighted by molar-refractivity contribution is 5.76. The molecule has 0 unspecified atom stereocenters. The molecule has 5 heteroatoms. The van der Waals surface area contributed by atoms with Crippen molar-refractivity contribution in [3.8, 4) is 0 Å². The lowest BCUT2D eigenvalue weighted by Crippen LogP contribution is -2.38. The van der Waals surface area contributed by atoms with E-state index in [1.165, 1.54) is 0 Å². The SMILES string of the molecule is Cn1ccc([C@@H](CN)C2(C(=O)O)CCCC2)n1. The second-order valence-electron chi connectivity index (χ2n) is 4.87. The summed E-state index contributed by atoms with van der Waals surface area (Å²) in [5, 5.41) is 13.9. The number of nitrogens with two attached hydrogens (primary N) is 1.